The smallest absolute Gasteiger partial charge is 0.124 e. The Morgan fingerprint density at radius 3 is 2.84 bits per heavy atom. The van der Waals surface area contributed by atoms with Crippen LogP contribution in [0.5, 0.6) is 5.75 Å². The Labute approximate surface area is 115 Å². The molecule has 1 aliphatic heterocycles. The normalized spacial score (nSPS) is 17.9. The molecule has 1 aromatic carbocycles. The van der Waals surface area contributed by atoms with E-state index in [-0.39, 0.29) is 5.54 Å². The lowest BCUT2D eigenvalue weighted by molar-refractivity contribution is 0.0445. The van der Waals surface area contributed by atoms with Gasteiger partial charge in [0.15, 0.2) is 0 Å². The van der Waals surface area contributed by atoms with Crippen molar-refractivity contribution in [1.82, 2.24) is 5.32 Å². The van der Waals surface area contributed by atoms with Crippen molar-refractivity contribution >= 4 is 0 Å². The first kappa shape index (κ1) is 14.1. The van der Waals surface area contributed by atoms with Crippen LogP contribution in [0.15, 0.2) is 36.9 Å². The highest BCUT2D eigenvalue weighted by atomic mass is 16.5. The van der Waals surface area contributed by atoms with E-state index in [9.17, 15) is 0 Å². The number of benzene rings is 1. The fourth-order valence-electron chi connectivity index (χ4n) is 2.25. The minimum absolute atomic E-state index is 0.170. The Balaban J connectivity index is 1.96. The van der Waals surface area contributed by atoms with Crippen LogP contribution in [0, 0.1) is 0 Å². The van der Waals surface area contributed by atoms with Crippen LogP contribution in [0.3, 0.4) is 0 Å². The van der Waals surface area contributed by atoms with Crippen LogP contribution in [0.25, 0.3) is 0 Å². The van der Waals surface area contributed by atoms with Crippen LogP contribution < -0.4 is 10.1 Å². The van der Waals surface area contributed by atoms with Gasteiger partial charge in [-0.05, 0) is 25.8 Å². The Morgan fingerprint density at radius 1 is 1.37 bits per heavy atom. The molecule has 0 atom stereocenters. The average molecular weight is 261 g/mol. The molecule has 2 rings (SSSR count). The fourth-order valence-corrected chi connectivity index (χ4v) is 2.25. The van der Waals surface area contributed by atoms with E-state index in [0.29, 0.717) is 6.61 Å². The Morgan fingerprint density at radius 2 is 2.11 bits per heavy atom. The van der Waals surface area contributed by atoms with Gasteiger partial charge in [-0.1, -0.05) is 30.9 Å². The molecule has 3 heteroatoms. The number of ether oxygens (including phenoxy) is 2. The monoisotopic (exact) mass is 261 g/mol. The van der Waals surface area contributed by atoms with E-state index >= 15 is 0 Å². The number of para-hydroxylation sites is 1. The molecule has 0 spiro atoms. The molecule has 1 heterocycles. The van der Waals surface area contributed by atoms with Gasteiger partial charge in [-0.3, -0.25) is 0 Å². The number of nitrogens with one attached hydrogen (secondary N) is 1. The van der Waals surface area contributed by atoms with Crippen molar-refractivity contribution in [2.45, 2.75) is 31.8 Å². The lowest BCUT2D eigenvalue weighted by atomic mass is 9.92. The zero-order valence-electron chi connectivity index (χ0n) is 11.7. The van der Waals surface area contributed by atoms with Gasteiger partial charge in [-0.2, -0.15) is 0 Å². The predicted molar refractivity (Wildman–Crippen MR) is 77.4 cm³/mol. The van der Waals surface area contributed by atoms with Crippen LogP contribution in [0.2, 0.25) is 0 Å². The van der Waals surface area contributed by atoms with Crippen molar-refractivity contribution in [2.75, 3.05) is 19.8 Å². The molecule has 1 aliphatic rings. The molecule has 0 amide bonds. The molecule has 1 fully saturated rings. The highest BCUT2D eigenvalue weighted by Gasteiger charge is 2.26. The summed E-state index contributed by atoms with van der Waals surface area (Å²) in [5.41, 5.74) is 1.36. The summed E-state index contributed by atoms with van der Waals surface area (Å²) < 4.78 is 11.1. The molecule has 0 aromatic heterocycles. The van der Waals surface area contributed by atoms with E-state index in [4.69, 9.17) is 9.47 Å². The van der Waals surface area contributed by atoms with Crippen molar-refractivity contribution in [3.05, 3.63) is 42.5 Å². The molecule has 0 radical (unpaired) electrons. The maximum Gasteiger partial charge on any atom is 0.124 e. The molecule has 0 aliphatic carbocycles. The summed E-state index contributed by atoms with van der Waals surface area (Å²) >= 11 is 0. The van der Waals surface area contributed by atoms with Gasteiger partial charge in [0.1, 0.15) is 12.4 Å². The van der Waals surface area contributed by atoms with Crippen molar-refractivity contribution in [2.24, 2.45) is 0 Å². The summed E-state index contributed by atoms with van der Waals surface area (Å²) in [4.78, 5) is 0. The van der Waals surface area contributed by atoms with Gasteiger partial charge in [0.05, 0.1) is 0 Å². The van der Waals surface area contributed by atoms with Crippen LogP contribution in [-0.2, 0) is 11.3 Å². The van der Waals surface area contributed by atoms with Crippen molar-refractivity contribution in [3.8, 4) is 5.75 Å². The summed E-state index contributed by atoms with van der Waals surface area (Å²) in [6, 6.07) is 8.16. The molecule has 0 unspecified atom stereocenters. The van der Waals surface area contributed by atoms with Crippen LogP contribution in [-0.4, -0.2) is 25.4 Å². The molecule has 104 valence electrons. The highest BCUT2D eigenvalue weighted by Crippen LogP contribution is 2.23. The lowest BCUT2D eigenvalue weighted by Crippen LogP contribution is -2.46. The number of hydrogen-bond donors (Lipinski definition) is 1. The first-order chi connectivity index (χ1) is 9.23. The third-order valence-corrected chi connectivity index (χ3v) is 3.63. The Kier molecular flexibility index (Phi) is 5.00. The molecule has 1 N–H and O–H groups in total. The van der Waals surface area contributed by atoms with E-state index in [1.54, 1.807) is 6.08 Å². The maximum absolute atomic E-state index is 5.68. The third kappa shape index (κ3) is 4.08. The average Bonchev–Trinajstić information content (AvgIpc) is 2.45. The second-order valence-corrected chi connectivity index (χ2v) is 5.23. The van der Waals surface area contributed by atoms with Gasteiger partial charge in [0, 0.05) is 30.9 Å². The first-order valence-corrected chi connectivity index (χ1v) is 6.88. The minimum Gasteiger partial charge on any atom is -0.489 e. The number of rotatable bonds is 6. The van der Waals surface area contributed by atoms with Gasteiger partial charge in [-0.15, -0.1) is 0 Å². The summed E-state index contributed by atoms with van der Waals surface area (Å²) in [6.07, 6.45) is 3.88. The SMILES string of the molecule is C=CCOc1ccccc1CNC1(C)CCOCC1. The highest BCUT2D eigenvalue weighted by molar-refractivity contribution is 5.33. The molecule has 0 saturated carbocycles. The van der Waals surface area contributed by atoms with Gasteiger partial charge in [0.25, 0.3) is 0 Å². The second-order valence-electron chi connectivity index (χ2n) is 5.23. The molecule has 1 saturated heterocycles. The minimum atomic E-state index is 0.170. The molecule has 0 bridgehead atoms. The van der Waals surface area contributed by atoms with E-state index in [0.717, 1.165) is 38.3 Å². The molecule has 3 nitrogen and oxygen atoms in total. The van der Waals surface area contributed by atoms with Crippen LogP contribution in [0.4, 0.5) is 0 Å². The summed E-state index contributed by atoms with van der Waals surface area (Å²) in [5, 5.41) is 3.65. The topological polar surface area (TPSA) is 30.5 Å². The third-order valence-electron chi connectivity index (χ3n) is 3.63. The van der Waals surface area contributed by atoms with Gasteiger partial charge in [-0.25, -0.2) is 0 Å². The predicted octanol–water partition coefficient (Wildman–Crippen LogP) is 2.91. The van der Waals surface area contributed by atoms with E-state index in [1.807, 2.05) is 18.2 Å². The lowest BCUT2D eigenvalue weighted by Gasteiger charge is -2.34. The summed E-state index contributed by atoms with van der Waals surface area (Å²) in [5.74, 6) is 0.936. The van der Waals surface area contributed by atoms with Crippen molar-refractivity contribution in [1.29, 1.82) is 0 Å². The van der Waals surface area contributed by atoms with E-state index in [1.165, 1.54) is 5.56 Å². The summed E-state index contributed by atoms with van der Waals surface area (Å²) in [6.45, 7) is 9.01. The second kappa shape index (κ2) is 6.73. The van der Waals surface area contributed by atoms with Gasteiger partial charge in [0.2, 0.25) is 0 Å². The van der Waals surface area contributed by atoms with E-state index in [2.05, 4.69) is 24.9 Å². The Hall–Kier alpha value is -1.32. The van der Waals surface area contributed by atoms with E-state index < -0.39 is 0 Å². The van der Waals surface area contributed by atoms with Crippen molar-refractivity contribution < 1.29 is 9.47 Å². The zero-order valence-corrected chi connectivity index (χ0v) is 11.7. The molecular formula is C16H23NO2. The maximum atomic E-state index is 5.68. The Bertz CT molecular complexity index is 411. The first-order valence-electron chi connectivity index (χ1n) is 6.88. The van der Waals surface area contributed by atoms with Crippen LogP contribution in [0.1, 0.15) is 25.3 Å². The van der Waals surface area contributed by atoms with Crippen LogP contribution >= 0.6 is 0 Å². The largest absolute Gasteiger partial charge is 0.489 e. The summed E-state index contributed by atoms with van der Waals surface area (Å²) in [7, 11) is 0. The van der Waals surface area contributed by atoms with Crippen molar-refractivity contribution in [3.63, 3.8) is 0 Å². The van der Waals surface area contributed by atoms with Gasteiger partial charge >= 0.3 is 0 Å². The molecule has 19 heavy (non-hydrogen) atoms. The quantitative estimate of drug-likeness (QED) is 0.799. The molecular weight excluding hydrogens is 238 g/mol. The standard InChI is InChI=1S/C16H23NO2/c1-3-10-19-15-7-5-4-6-14(15)13-17-16(2)8-11-18-12-9-16/h3-7,17H,1,8-13H2,2H3. The zero-order chi connectivity index (χ0) is 13.6. The fraction of sp³-hybridized carbons (Fsp3) is 0.500. The number of hydrogen-bond acceptors (Lipinski definition) is 3. The molecule has 1 aromatic rings. The van der Waals surface area contributed by atoms with Gasteiger partial charge < -0.3 is 14.8 Å².